The van der Waals surface area contributed by atoms with Crippen LogP contribution < -0.4 is 27.0 Å². The van der Waals surface area contributed by atoms with Crippen molar-refractivity contribution in [2.24, 2.45) is 5.73 Å². The Morgan fingerprint density at radius 1 is 0.701 bits per heavy atom. The highest BCUT2D eigenvalue weighted by molar-refractivity contribution is 5.97. The minimum absolute atomic E-state index is 0.0183. The molecule has 16 nitrogen and oxygen atoms in total. The number of aromatic nitrogens is 1. The molecule has 1 aromatic heterocycles. The number of rotatable bonds is 20. The maximum Gasteiger partial charge on any atom is 0.326 e. The SMILES string of the molecule is C[C@@H](OC(C)(C)C)[C@H](NC(=O)[C@H](Cc1ccc(O)cc1)NC(=O)[C@@H](Cc1c[nH]c2ccccc12)NC(=O)[C@@H](N)Cc1ccccc1)C(=O)N[C@@H](Cc1ccccc1)C(=O)N1CCC[C@H]1C(=O)O. The Balaban J connectivity index is 1.30. The highest BCUT2D eigenvalue weighted by Crippen LogP contribution is 2.22. The number of fused-ring (bicyclic) bond motifs is 1. The molecule has 1 aliphatic heterocycles. The summed E-state index contributed by atoms with van der Waals surface area (Å²) in [6, 6.07) is 24.4. The molecule has 0 unspecified atom stereocenters. The van der Waals surface area contributed by atoms with Crippen LogP contribution in [0.25, 0.3) is 10.9 Å². The summed E-state index contributed by atoms with van der Waals surface area (Å²) in [5.74, 6) is -4.62. The molecule has 5 aromatic rings. The van der Waals surface area contributed by atoms with Gasteiger partial charge in [-0.05, 0) is 87.4 Å². The summed E-state index contributed by atoms with van der Waals surface area (Å²) in [4.78, 5) is 88.6. The Hall–Kier alpha value is -7.04. The summed E-state index contributed by atoms with van der Waals surface area (Å²) in [6.45, 7) is 7.14. The van der Waals surface area contributed by atoms with Gasteiger partial charge in [0.1, 0.15) is 36.0 Å². The van der Waals surface area contributed by atoms with Crippen LogP contribution >= 0.6 is 0 Å². The molecule has 1 aliphatic rings. The predicted octanol–water partition coefficient (Wildman–Crippen LogP) is 3.69. The lowest BCUT2D eigenvalue weighted by atomic mass is 10.00. The number of aliphatic carboxylic acids is 1. The molecule has 67 heavy (non-hydrogen) atoms. The van der Waals surface area contributed by atoms with Gasteiger partial charge in [-0.15, -0.1) is 0 Å². The second-order valence-electron chi connectivity index (χ2n) is 18.1. The number of nitrogens with one attached hydrogen (secondary N) is 5. The summed E-state index contributed by atoms with van der Waals surface area (Å²) >= 11 is 0. The first kappa shape index (κ1) is 49.4. The molecular formula is C51H61N7O9. The number of carboxylic acids is 1. The highest BCUT2D eigenvalue weighted by atomic mass is 16.5. The third-order valence-electron chi connectivity index (χ3n) is 11.7. The van der Waals surface area contributed by atoms with Crippen molar-refractivity contribution in [3.05, 3.63) is 138 Å². The smallest absolute Gasteiger partial charge is 0.326 e. The maximum atomic E-state index is 14.8. The van der Waals surface area contributed by atoms with Crippen molar-refractivity contribution >= 4 is 46.4 Å². The van der Waals surface area contributed by atoms with Crippen LogP contribution in [0.4, 0.5) is 0 Å². The number of ether oxygens (including phenoxy) is 1. The maximum absolute atomic E-state index is 14.8. The first-order valence-corrected chi connectivity index (χ1v) is 22.5. The monoisotopic (exact) mass is 915 g/mol. The number of benzene rings is 4. The summed E-state index contributed by atoms with van der Waals surface area (Å²) in [5.41, 5.74) is 9.22. The van der Waals surface area contributed by atoms with E-state index in [1.807, 2.05) is 60.7 Å². The first-order valence-electron chi connectivity index (χ1n) is 22.5. The van der Waals surface area contributed by atoms with Gasteiger partial charge in [0, 0.05) is 42.9 Å². The number of nitrogens with two attached hydrogens (primary N) is 1. The van der Waals surface area contributed by atoms with Crippen molar-refractivity contribution in [1.29, 1.82) is 0 Å². The molecule has 1 fully saturated rings. The lowest BCUT2D eigenvalue weighted by molar-refractivity contribution is -0.150. The molecule has 0 aliphatic carbocycles. The van der Waals surface area contributed by atoms with Gasteiger partial charge in [-0.25, -0.2) is 4.79 Å². The second-order valence-corrected chi connectivity index (χ2v) is 18.1. The number of aromatic hydroxyl groups is 1. The molecule has 9 N–H and O–H groups in total. The van der Waals surface area contributed by atoms with E-state index in [0.717, 1.165) is 22.0 Å². The summed E-state index contributed by atoms with van der Waals surface area (Å²) in [7, 11) is 0. The number of amides is 5. The summed E-state index contributed by atoms with van der Waals surface area (Å²) in [6.07, 6.45) is 1.64. The number of hydrogen-bond donors (Lipinski definition) is 8. The van der Waals surface area contributed by atoms with E-state index in [2.05, 4.69) is 26.3 Å². The number of phenols is 1. The van der Waals surface area contributed by atoms with Crippen LogP contribution in [0.2, 0.25) is 0 Å². The molecule has 0 bridgehead atoms. The second kappa shape index (κ2) is 22.4. The van der Waals surface area contributed by atoms with Gasteiger partial charge < -0.3 is 51.8 Å². The van der Waals surface area contributed by atoms with Gasteiger partial charge in [-0.2, -0.15) is 0 Å². The quantitative estimate of drug-likeness (QED) is 0.0563. The average molecular weight is 916 g/mol. The number of carbonyl (C=O) groups excluding carboxylic acids is 5. The number of nitrogens with zero attached hydrogens (tertiary/aromatic N) is 1. The van der Waals surface area contributed by atoms with Gasteiger partial charge in [-0.3, -0.25) is 24.0 Å². The zero-order chi connectivity index (χ0) is 48.3. The van der Waals surface area contributed by atoms with Crippen LogP contribution in [0, 0.1) is 0 Å². The van der Waals surface area contributed by atoms with Crippen LogP contribution in [-0.2, 0) is 59.2 Å². The summed E-state index contributed by atoms with van der Waals surface area (Å²) in [5, 5.41) is 32.1. The van der Waals surface area contributed by atoms with Crippen molar-refractivity contribution in [3.8, 4) is 5.75 Å². The molecule has 0 spiro atoms. The number of likely N-dealkylation sites (tertiary alicyclic amines) is 1. The lowest BCUT2D eigenvalue weighted by Gasteiger charge is -2.33. The molecule has 5 amide bonds. The highest BCUT2D eigenvalue weighted by Gasteiger charge is 2.40. The van der Waals surface area contributed by atoms with Gasteiger partial charge in [0.2, 0.25) is 29.5 Å². The van der Waals surface area contributed by atoms with Gasteiger partial charge in [-0.1, -0.05) is 91.0 Å². The van der Waals surface area contributed by atoms with Gasteiger partial charge in [0.05, 0.1) is 17.7 Å². The van der Waals surface area contributed by atoms with Crippen LogP contribution in [0.3, 0.4) is 0 Å². The number of carbonyl (C=O) groups is 6. The van der Waals surface area contributed by atoms with Crippen LogP contribution in [0.1, 0.15) is 62.8 Å². The van der Waals surface area contributed by atoms with Gasteiger partial charge >= 0.3 is 5.97 Å². The molecule has 354 valence electrons. The summed E-state index contributed by atoms with van der Waals surface area (Å²) < 4.78 is 6.24. The average Bonchev–Trinajstić information content (AvgIpc) is 3.96. The van der Waals surface area contributed by atoms with Crippen molar-refractivity contribution in [3.63, 3.8) is 0 Å². The molecule has 7 atom stereocenters. The van der Waals surface area contributed by atoms with Crippen molar-refractivity contribution in [2.75, 3.05) is 6.54 Å². The van der Waals surface area contributed by atoms with Gasteiger partial charge in [0.25, 0.3) is 0 Å². The fraction of sp³-hybridized carbons (Fsp3) is 0.373. The predicted molar refractivity (Wildman–Crippen MR) is 252 cm³/mol. The Morgan fingerprint density at radius 2 is 1.24 bits per heavy atom. The fourth-order valence-electron chi connectivity index (χ4n) is 8.39. The molecule has 0 saturated carbocycles. The van der Waals surface area contributed by atoms with Crippen molar-refractivity contribution in [2.45, 2.75) is 114 Å². The third kappa shape index (κ3) is 13.7. The number of para-hydroxylation sites is 1. The van der Waals surface area contributed by atoms with E-state index in [1.165, 1.54) is 17.0 Å². The third-order valence-corrected chi connectivity index (χ3v) is 11.7. The van der Waals surface area contributed by atoms with Crippen LogP contribution in [-0.4, -0.2) is 110 Å². The van der Waals surface area contributed by atoms with E-state index < -0.39 is 83.5 Å². The molecule has 16 heteroatoms. The molecule has 0 radical (unpaired) electrons. The van der Waals surface area contributed by atoms with E-state index >= 15 is 0 Å². The standard InChI is InChI=1S/C51H61N7O9/c1-31(67-51(2,3)4)44(48(63)56-42(28-33-16-9-6-10-17-33)49(64)58-25-13-20-43(58)50(65)66)57-47(62)40(27-34-21-23-36(59)24-22-34)55-46(61)41(29-35-30-53-39-19-12-11-18-37(35)39)54-45(60)38(52)26-32-14-7-5-8-15-32/h5-12,14-19,21-24,30-31,38,40-44,53,59H,13,20,25-29,52H2,1-4H3,(H,54,60)(H,55,61)(H,56,63)(H,57,62)(H,65,66)/t31-,38+,40+,41-,42+,43+,44+/m1/s1. The Labute approximate surface area is 390 Å². The minimum atomic E-state index is -1.44. The van der Waals surface area contributed by atoms with Crippen LogP contribution in [0.5, 0.6) is 5.75 Å². The van der Waals surface area contributed by atoms with Crippen molar-refractivity contribution < 1.29 is 43.7 Å². The topological polar surface area (TPSA) is 245 Å². The number of phenolic OH excluding ortho intramolecular Hbond substituents is 1. The molecular weight excluding hydrogens is 855 g/mol. The van der Waals surface area contributed by atoms with E-state index in [9.17, 15) is 39.0 Å². The number of H-pyrrole nitrogens is 1. The number of aromatic amines is 1. The van der Waals surface area contributed by atoms with E-state index in [0.29, 0.717) is 17.5 Å². The number of carboxylic acid groups (broad SMARTS) is 1. The fourth-order valence-corrected chi connectivity index (χ4v) is 8.39. The Kier molecular flexibility index (Phi) is 16.5. The molecule has 4 aromatic carbocycles. The van der Waals surface area contributed by atoms with Crippen LogP contribution in [0.15, 0.2) is 115 Å². The van der Waals surface area contributed by atoms with E-state index in [4.69, 9.17) is 10.5 Å². The van der Waals surface area contributed by atoms with E-state index in [-0.39, 0.29) is 44.4 Å². The first-order chi connectivity index (χ1) is 31.9. The molecule has 2 heterocycles. The van der Waals surface area contributed by atoms with Gasteiger partial charge in [0.15, 0.2) is 0 Å². The zero-order valence-corrected chi connectivity index (χ0v) is 38.2. The van der Waals surface area contributed by atoms with E-state index in [1.54, 1.807) is 70.3 Å². The van der Waals surface area contributed by atoms with Crippen molar-refractivity contribution in [1.82, 2.24) is 31.2 Å². The number of hydrogen-bond acceptors (Lipinski definition) is 9. The molecule has 6 rings (SSSR count). The zero-order valence-electron chi connectivity index (χ0n) is 38.2. The molecule has 1 saturated heterocycles. The normalized spacial score (nSPS) is 16.5. The minimum Gasteiger partial charge on any atom is -0.508 e. The largest absolute Gasteiger partial charge is 0.508 e. The Morgan fingerprint density at radius 3 is 1.88 bits per heavy atom. The lowest BCUT2D eigenvalue weighted by Crippen LogP contribution is -2.62. The Bertz CT molecular complexity index is 2490.